The van der Waals surface area contributed by atoms with Gasteiger partial charge in [0.05, 0.1) is 5.56 Å². The number of allylic oxidation sites excluding steroid dienone is 1. The van der Waals surface area contributed by atoms with Gasteiger partial charge in [0, 0.05) is 39.0 Å². The lowest BCUT2D eigenvalue weighted by Crippen LogP contribution is -2.35. The minimum atomic E-state index is -0.665. The van der Waals surface area contributed by atoms with Crippen molar-refractivity contribution in [2.75, 3.05) is 32.2 Å². The summed E-state index contributed by atoms with van der Waals surface area (Å²) in [6, 6.07) is 0.0524. The van der Waals surface area contributed by atoms with Crippen LogP contribution in [0.25, 0.3) is 11.7 Å². The Labute approximate surface area is 191 Å². The molecule has 0 bridgehead atoms. The van der Waals surface area contributed by atoms with Crippen LogP contribution in [-0.2, 0) is 16.0 Å². The second-order valence-electron chi connectivity index (χ2n) is 9.26. The fourth-order valence-corrected chi connectivity index (χ4v) is 4.62. The summed E-state index contributed by atoms with van der Waals surface area (Å²) in [4.78, 5) is 26.1. The van der Waals surface area contributed by atoms with Crippen LogP contribution in [0.3, 0.4) is 0 Å². The number of nitrogens with two attached hydrogens (primary N) is 1. The second-order valence-corrected chi connectivity index (χ2v) is 9.26. The summed E-state index contributed by atoms with van der Waals surface area (Å²) in [5.41, 5.74) is 6.28. The Morgan fingerprint density at radius 3 is 2.45 bits per heavy atom. The molecule has 2 aliphatic heterocycles. The first-order chi connectivity index (χ1) is 16.0. The molecule has 2 aromatic heterocycles. The molecule has 1 amide bonds. The molecule has 5 rings (SSSR count). The molecule has 0 spiro atoms. The van der Waals surface area contributed by atoms with Crippen LogP contribution in [0.15, 0.2) is 10.9 Å². The van der Waals surface area contributed by atoms with Crippen LogP contribution in [0.4, 0.5) is 5.82 Å². The molecule has 4 N–H and O–H groups in total. The smallest absolute Gasteiger partial charge is 0.291 e. The largest absolute Gasteiger partial charge is 0.494 e. The summed E-state index contributed by atoms with van der Waals surface area (Å²) in [5, 5.41) is 18.3. The van der Waals surface area contributed by atoms with E-state index in [0.29, 0.717) is 50.1 Å². The molecule has 178 valence electrons. The van der Waals surface area contributed by atoms with Gasteiger partial charge in [-0.1, -0.05) is 12.2 Å². The van der Waals surface area contributed by atoms with Gasteiger partial charge in [0.1, 0.15) is 0 Å². The number of amides is 1. The quantitative estimate of drug-likeness (QED) is 0.599. The Bertz CT molecular complexity index is 1120. The number of ether oxygens (including phenoxy) is 2. The van der Waals surface area contributed by atoms with Crippen molar-refractivity contribution in [3.05, 3.63) is 27.6 Å². The van der Waals surface area contributed by atoms with Crippen molar-refractivity contribution in [1.82, 2.24) is 19.5 Å². The zero-order valence-corrected chi connectivity index (χ0v) is 18.7. The van der Waals surface area contributed by atoms with E-state index in [2.05, 4.69) is 16.5 Å². The molecule has 1 saturated carbocycles. The van der Waals surface area contributed by atoms with Gasteiger partial charge in [0.2, 0.25) is 5.88 Å². The third kappa shape index (κ3) is 4.49. The molecule has 0 unspecified atom stereocenters. The molecule has 3 fully saturated rings. The van der Waals surface area contributed by atoms with E-state index in [9.17, 15) is 14.7 Å². The highest BCUT2D eigenvalue weighted by Gasteiger charge is 2.31. The van der Waals surface area contributed by atoms with Crippen LogP contribution in [0.2, 0.25) is 0 Å². The van der Waals surface area contributed by atoms with Gasteiger partial charge in [-0.2, -0.15) is 4.52 Å². The molecule has 3 aliphatic rings. The van der Waals surface area contributed by atoms with Gasteiger partial charge in [0.15, 0.2) is 17.0 Å². The molecular weight excluding hydrogens is 426 g/mol. The first-order valence-corrected chi connectivity index (χ1v) is 11.8. The van der Waals surface area contributed by atoms with E-state index < -0.39 is 11.5 Å². The predicted octanol–water partition coefficient (Wildman–Crippen LogP) is 1.54. The van der Waals surface area contributed by atoms with Crippen molar-refractivity contribution in [2.45, 2.75) is 51.1 Å². The number of nitrogen functional groups attached to an aromatic ring is 1. The molecule has 0 aromatic carbocycles. The summed E-state index contributed by atoms with van der Waals surface area (Å²) in [6.45, 7) is 3.16. The Morgan fingerprint density at radius 2 is 1.79 bits per heavy atom. The Kier molecular flexibility index (Phi) is 6.11. The molecule has 0 atom stereocenters. The summed E-state index contributed by atoms with van der Waals surface area (Å²) >= 11 is 0. The van der Waals surface area contributed by atoms with Gasteiger partial charge in [0.25, 0.3) is 11.5 Å². The highest BCUT2D eigenvalue weighted by atomic mass is 16.5. The molecule has 33 heavy (non-hydrogen) atoms. The highest BCUT2D eigenvalue weighted by Crippen LogP contribution is 2.29. The molecule has 2 aromatic rings. The van der Waals surface area contributed by atoms with Gasteiger partial charge >= 0.3 is 0 Å². The van der Waals surface area contributed by atoms with Crippen molar-refractivity contribution in [1.29, 1.82) is 0 Å². The van der Waals surface area contributed by atoms with Crippen LogP contribution >= 0.6 is 0 Å². The number of nitrogens with one attached hydrogen (secondary N) is 1. The first kappa shape index (κ1) is 22.0. The lowest BCUT2D eigenvalue weighted by molar-refractivity contribution is 0.0607. The van der Waals surface area contributed by atoms with Crippen molar-refractivity contribution in [3.63, 3.8) is 0 Å². The van der Waals surface area contributed by atoms with E-state index in [1.54, 1.807) is 4.57 Å². The number of hydrogen-bond donors (Lipinski definition) is 3. The molecule has 1 aliphatic carbocycles. The second kappa shape index (κ2) is 9.18. The Balaban J connectivity index is 1.61. The van der Waals surface area contributed by atoms with Crippen molar-refractivity contribution in [3.8, 4) is 5.88 Å². The maximum Gasteiger partial charge on any atom is 0.291 e. The zero-order valence-electron chi connectivity index (χ0n) is 18.7. The van der Waals surface area contributed by atoms with E-state index in [1.807, 2.05) is 6.08 Å². The molecular formula is C23H31N5O5. The number of rotatable bonds is 6. The molecule has 10 heteroatoms. The summed E-state index contributed by atoms with van der Waals surface area (Å²) in [7, 11) is 0. The van der Waals surface area contributed by atoms with Gasteiger partial charge in [-0.15, -0.1) is 5.10 Å². The van der Waals surface area contributed by atoms with Crippen LogP contribution in [-0.4, -0.2) is 57.7 Å². The summed E-state index contributed by atoms with van der Waals surface area (Å²) in [6.07, 6.45) is 9.21. The van der Waals surface area contributed by atoms with Crippen molar-refractivity contribution < 1.29 is 19.4 Å². The number of fused-ring (bicyclic) bond motifs is 1. The Morgan fingerprint density at radius 1 is 1.12 bits per heavy atom. The van der Waals surface area contributed by atoms with Crippen LogP contribution in [0, 0.1) is 11.8 Å². The monoisotopic (exact) mass is 457 g/mol. The number of hydrogen-bond acceptors (Lipinski definition) is 7. The zero-order chi connectivity index (χ0) is 22.9. The van der Waals surface area contributed by atoms with Crippen LogP contribution < -0.4 is 16.6 Å². The standard InChI is InChI=1S/C23H31N5O5/c24-19-17(4-1-14-5-9-32-10-6-14)21-27(13-15-7-11-33-12-8-15)22(30)18(23(31)28(21)26-19)20(29)25-16-2-3-16/h1,4,14-16,30H,2-3,5-13H2,(H2,24,26)(H,25,29)/b4-1+. The number of aromatic hydroxyl groups is 1. The van der Waals surface area contributed by atoms with E-state index in [1.165, 1.54) is 4.52 Å². The van der Waals surface area contributed by atoms with E-state index in [-0.39, 0.29) is 29.2 Å². The number of aromatic nitrogens is 3. The Hall–Kier alpha value is -2.85. The lowest BCUT2D eigenvalue weighted by atomic mass is 9.99. The molecule has 4 heterocycles. The number of carbonyl (C=O) groups is 1. The topological polar surface area (TPSA) is 133 Å². The average Bonchev–Trinajstić information content (AvgIpc) is 3.57. The minimum absolute atomic E-state index is 0.0524. The molecule has 10 nitrogen and oxygen atoms in total. The fraction of sp³-hybridized carbons (Fsp3) is 0.609. The number of anilines is 1. The van der Waals surface area contributed by atoms with Gasteiger partial charge in [-0.05, 0) is 50.4 Å². The van der Waals surface area contributed by atoms with Crippen LogP contribution in [0.5, 0.6) is 5.88 Å². The van der Waals surface area contributed by atoms with E-state index in [0.717, 1.165) is 38.5 Å². The third-order valence-corrected chi connectivity index (χ3v) is 6.79. The van der Waals surface area contributed by atoms with Gasteiger partial charge < -0.3 is 25.6 Å². The predicted molar refractivity (Wildman–Crippen MR) is 122 cm³/mol. The average molecular weight is 458 g/mol. The third-order valence-electron chi connectivity index (χ3n) is 6.79. The number of carbonyl (C=O) groups excluding carboxylic acids is 1. The van der Waals surface area contributed by atoms with Crippen LogP contribution in [0.1, 0.15) is 54.4 Å². The van der Waals surface area contributed by atoms with Gasteiger partial charge in [-0.3, -0.25) is 14.2 Å². The minimum Gasteiger partial charge on any atom is -0.494 e. The van der Waals surface area contributed by atoms with Crippen molar-refractivity contribution >= 4 is 23.4 Å². The molecule has 0 radical (unpaired) electrons. The fourth-order valence-electron chi connectivity index (χ4n) is 4.62. The maximum absolute atomic E-state index is 13.3. The summed E-state index contributed by atoms with van der Waals surface area (Å²) in [5.74, 6) is -0.135. The first-order valence-electron chi connectivity index (χ1n) is 11.8. The normalized spacial score (nSPS) is 20.6. The van der Waals surface area contributed by atoms with Gasteiger partial charge in [-0.25, -0.2) is 0 Å². The van der Waals surface area contributed by atoms with E-state index >= 15 is 0 Å². The highest BCUT2D eigenvalue weighted by molar-refractivity contribution is 5.97. The lowest BCUT2D eigenvalue weighted by Gasteiger charge is -2.25. The van der Waals surface area contributed by atoms with E-state index in [4.69, 9.17) is 15.2 Å². The number of nitrogens with zero attached hydrogens (tertiary/aromatic N) is 3. The molecule has 2 saturated heterocycles. The maximum atomic E-state index is 13.3. The summed E-state index contributed by atoms with van der Waals surface area (Å²) < 4.78 is 13.7. The SMILES string of the molecule is Nc1nn2c(=O)c(C(=O)NC3CC3)c(O)n(CC3CCOCC3)c2c1/C=C/C1CCOCC1. The van der Waals surface area contributed by atoms with Crippen molar-refractivity contribution in [2.24, 2.45) is 11.8 Å².